The first-order valence-electron chi connectivity index (χ1n) is 5.28. The van der Waals surface area contributed by atoms with Gasteiger partial charge in [0.1, 0.15) is 0 Å². The molecule has 94 valence electrons. The van der Waals surface area contributed by atoms with Crippen LogP contribution in [0.25, 0.3) is 10.2 Å². The summed E-state index contributed by atoms with van der Waals surface area (Å²) in [6, 6.07) is 4.78. The molecule has 1 heterocycles. The molecule has 6 nitrogen and oxygen atoms in total. The maximum absolute atomic E-state index is 10.7. The fourth-order valence-electron chi connectivity index (χ4n) is 1.47. The lowest BCUT2D eigenvalue weighted by atomic mass is 10.3. The lowest BCUT2D eigenvalue weighted by Crippen LogP contribution is -2.09. The van der Waals surface area contributed by atoms with Crippen LogP contribution in [0.3, 0.4) is 0 Å². The van der Waals surface area contributed by atoms with Crippen molar-refractivity contribution >= 4 is 33.0 Å². The molecule has 18 heavy (non-hydrogen) atoms. The first-order valence-corrected chi connectivity index (χ1v) is 6.09. The minimum Gasteiger partial charge on any atom is -0.318 e. The number of rotatable bonds is 2. The van der Waals surface area contributed by atoms with E-state index >= 15 is 0 Å². The summed E-state index contributed by atoms with van der Waals surface area (Å²) in [5.74, 6) is 0. The Balaban J connectivity index is 2.67. The van der Waals surface area contributed by atoms with Gasteiger partial charge in [-0.05, 0) is 19.9 Å². The molecule has 1 aromatic carbocycles. The molecule has 2 rings (SSSR count). The summed E-state index contributed by atoms with van der Waals surface area (Å²) >= 11 is 1.45. The molecule has 0 fully saturated rings. The average molecular weight is 264 g/mol. The second kappa shape index (κ2) is 4.69. The zero-order chi connectivity index (χ0) is 13.3. The van der Waals surface area contributed by atoms with Gasteiger partial charge in [-0.3, -0.25) is 10.1 Å². The number of non-ortho nitro benzene ring substituents is 1. The summed E-state index contributed by atoms with van der Waals surface area (Å²) in [5.41, 5.74) is 1.73. The fourth-order valence-corrected chi connectivity index (χ4v) is 2.42. The predicted octanol–water partition coefficient (Wildman–Crippen LogP) is 2.44. The molecule has 0 N–H and O–H groups in total. The van der Waals surface area contributed by atoms with Crippen LogP contribution in [-0.4, -0.2) is 15.2 Å². The van der Waals surface area contributed by atoms with E-state index in [9.17, 15) is 10.1 Å². The highest BCUT2D eigenvalue weighted by Gasteiger charge is 2.09. The number of hydrogen-bond donors (Lipinski definition) is 0. The number of nitro benzene ring substituents is 1. The lowest BCUT2D eigenvalue weighted by molar-refractivity contribution is -0.384. The van der Waals surface area contributed by atoms with Gasteiger partial charge in [0.25, 0.3) is 5.69 Å². The lowest BCUT2D eigenvalue weighted by Gasteiger charge is -1.95. The Kier molecular flexibility index (Phi) is 3.24. The van der Waals surface area contributed by atoms with Crippen LogP contribution in [-0.2, 0) is 7.05 Å². The van der Waals surface area contributed by atoms with Crippen molar-refractivity contribution in [3.63, 3.8) is 0 Å². The number of nitro groups is 1. The Morgan fingerprint density at radius 2 is 2.17 bits per heavy atom. The number of aryl methyl sites for hydroxylation is 1. The highest BCUT2D eigenvalue weighted by molar-refractivity contribution is 7.16. The van der Waals surface area contributed by atoms with Gasteiger partial charge in [0.15, 0.2) is 0 Å². The molecule has 0 bridgehead atoms. The molecular weight excluding hydrogens is 252 g/mol. The molecule has 0 aliphatic heterocycles. The summed E-state index contributed by atoms with van der Waals surface area (Å²) in [6.45, 7) is 3.73. The Hall–Kier alpha value is -2.02. The minimum atomic E-state index is -0.401. The van der Waals surface area contributed by atoms with Crippen molar-refractivity contribution < 1.29 is 4.92 Å². The van der Waals surface area contributed by atoms with Crippen LogP contribution in [0.4, 0.5) is 5.69 Å². The van der Waals surface area contributed by atoms with E-state index in [0.29, 0.717) is 4.80 Å². The van der Waals surface area contributed by atoms with E-state index in [2.05, 4.69) is 10.2 Å². The SMILES string of the molecule is CC(C)=NN=c1sc2ccc([N+](=O)[O-])cc2n1C. The van der Waals surface area contributed by atoms with Gasteiger partial charge in [-0.25, -0.2) is 0 Å². The minimum absolute atomic E-state index is 0.0811. The van der Waals surface area contributed by atoms with Gasteiger partial charge in [0.2, 0.25) is 4.80 Å². The normalized spacial score (nSPS) is 11.8. The van der Waals surface area contributed by atoms with Crippen LogP contribution in [0, 0.1) is 10.1 Å². The molecule has 0 radical (unpaired) electrons. The van der Waals surface area contributed by atoms with Crippen molar-refractivity contribution in [2.24, 2.45) is 17.3 Å². The molecule has 2 aromatic rings. The fraction of sp³-hybridized carbons (Fsp3) is 0.273. The van der Waals surface area contributed by atoms with Gasteiger partial charge in [-0.15, -0.1) is 5.10 Å². The van der Waals surface area contributed by atoms with Gasteiger partial charge >= 0.3 is 0 Å². The van der Waals surface area contributed by atoms with E-state index in [4.69, 9.17) is 0 Å². The summed E-state index contributed by atoms with van der Waals surface area (Å²) in [7, 11) is 1.82. The maximum atomic E-state index is 10.7. The molecule has 0 aliphatic carbocycles. The quantitative estimate of drug-likeness (QED) is 0.474. The number of thiazole rings is 1. The van der Waals surface area contributed by atoms with Crippen LogP contribution in [0.5, 0.6) is 0 Å². The Morgan fingerprint density at radius 3 is 2.78 bits per heavy atom. The topological polar surface area (TPSA) is 72.8 Å². The van der Waals surface area contributed by atoms with E-state index in [-0.39, 0.29) is 5.69 Å². The second-order valence-electron chi connectivity index (χ2n) is 4.00. The molecule has 0 atom stereocenters. The highest BCUT2D eigenvalue weighted by Crippen LogP contribution is 2.22. The van der Waals surface area contributed by atoms with Crippen LogP contribution in [0.2, 0.25) is 0 Å². The van der Waals surface area contributed by atoms with E-state index in [1.807, 2.05) is 20.9 Å². The monoisotopic (exact) mass is 264 g/mol. The zero-order valence-corrected chi connectivity index (χ0v) is 11.1. The first kappa shape index (κ1) is 12.4. The van der Waals surface area contributed by atoms with Crippen LogP contribution >= 0.6 is 11.3 Å². The summed E-state index contributed by atoms with van der Waals surface area (Å²) in [6.07, 6.45) is 0. The largest absolute Gasteiger partial charge is 0.318 e. The summed E-state index contributed by atoms with van der Waals surface area (Å²) in [4.78, 5) is 11.0. The van der Waals surface area contributed by atoms with Gasteiger partial charge in [-0.2, -0.15) is 5.10 Å². The van der Waals surface area contributed by atoms with Crippen molar-refractivity contribution in [2.75, 3.05) is 0 Å². The Bertz CT molecular complexity index is 707. The van der Waals surface area contributed by atoms with Crippen molar-refractivity contribution in [3.8, 4) is 0 Å². The van der Waals surface area contributed by atoms with Crippen molar-refractivity contribution in [1.82, 2.24) is 4.57 Å². The zero-order valence-electron chi connectivity index (χ0n) is 10.2. The third-order valence-corrected chi connectivity index (χ3v) is 3.44. The smallest absolute Gasteiger partial charge is 0.271 e. The van der Waals surface area contributed by atoms with E-state index in [1.54, 1.807) is 16.7 Å². The molecular formula is C11H12N4O2S. The van der Waals surface area contributed by atoms with Crippen LogP contribution in [0.1, 0.15) is 13.8 Å². The molecule has 1 aromatic heterocycles. The third-order valence-electron chi connectivity index (χ3n) is 2.34. The molecule has 0 saturated carbocycles. The van der Waals surface area contributed by atoms with Crippen LogP contribution < -0.4 is 4.80 Å². The first-order chi connectivity index (χ1) is 8.49. The van der Waals surface area contributed by atoms with Gasteiger partial charge < -0.3 is 4.57 Å². The third kappa shape index (κ3) is 2.30. The number of nitrogens with zero attached hydrogens (tertiary/aromatic N) is 4. The summed E-state index contributed by atoms with van der Waals surface area (Å²) in [5, 5.41) is 18.9. The second-order valence-corrected chi connectivity index (χ2v) is 5.01. The van der Waals surface area contributed by atoms with Gasteiger partial charge in [0, 0.05) is 24.9 Å². The summed E-state index contributed by atoms with van der Waals surface area (Å²) < 4.78 is 2.75. The molecule has 0 unspecified atom stereocenters. The van der Waals surface area contributed by atoms with Gasteiger partial charge in [-0.1, -0.05) is 11.3 Å². The Morgan fingerprint density at radius 1 is 1.44 bits per heavy atom. The van der Waals surface area contributed by atoms with Crippen molar-refractivity contribution in [1.29, 1.82) is 0 Å². The number of hydrogen-bond acceptors (Lipinski definition) is 5. The molecule has 0 amide bonds. The Labute approximate surface area is 107 Å². The van der Waals surface area contributed by atoms with Crippen molar-refractivity contribution in [2.45, 2.75) is 13.8 Å². The molecule has 7 heteroatoms. The predicted molar refractivity (Wildman–Crippen MR) is 71.8 cm³/mol. The van der Waals surface area contributed by atoms with Crippen LogP contribution in [0.15, 0.2) is 28.4 Å². The number of fused-ring (bicyclic) bond motifs is 1. The van der Waals surface area contributed by atoms with E-state index in [1.165, 1.54) is 17.4 Å². The van der Waals surface area contributed by atoms with Crippen molar-refractivity contribution in [3.05, 3.63) is 33.1 Å². The number of aromatic nitrogens is 1. The van der Waals surface area contributed by atoms with E-state index < -0.39 is 4.92 Å². The number of benzene rings is 1. The maximum Gasteiger partial charge on any atom is 0.271 e. The van der Waals surface area contributed by atoms with Gasteiger partial charge in [0.05, 0.1) is 15.1 Å². The standard InChI is InChI=1S/C11H12N4O2S/c1-7(2)12-13-11-14(3)9-6-8(15(16)17)4-5-10(9)18-11/h4-6H,1-3H3. The molecule has 0 spiro atoms. The van der Waals surface area contributed by atoms with E-state index in [0.717, 1.165) is 15.9 Å². The average Bonchev–Trinajstić information content (AvgIpc) is 2.63. The molecule has 0 saturated heterocycles. The molecule has 0 aliphatic rings. The highest BCUT2D eigenvalue weighted by atomic mass is 32.1.